The van der Waals surface area contributed by atoms with Crippen molar-refractivity contribution in [1.82, 2.24) is 5.32 Å². The Kier molecular flexibility index (Phi) is 7.83. The number of amides is 1. The molecular weight excluding hydrogens is 386 g/mol. The number of rotatable bonds is 9. The Morgan fingerprint density at radius 2 is 1.82 bits per heavy atom. The molecule has 0 aliphatic carbocycles. The van der Waals surface area contributed by atoms with Gasteiger partial charge in [0, 0.05) is 5.56 Å². The van der Waals surface area contributed by atoms with Crippen LogP contribution in [-0.2, 0) is 9.53 Å². The molecule has 0 atom stereocenters. The number of carbonyl (C=O) groups is 3. The number of hydrogen-bond acceptors (Lipinski definition) is 6. The van der Waals surface area contributed by atoms with Gasteiger partial charge in [-0.1, -0.05) is 23.7 Å². The van der Waals surface area contributed by atoms with Crippen LogP contribution in [0.1, 0.15) is 27.6 Å². The second-order valence-electron chi connectivity index (χ2n) is 5.55. The van der Waals surface area contributed by atoms with Crippen molar-refractivity contribution in [2.75, 3.05) is 26.9 Å². The summed E-state index contributed by atoms with van der Waals surface area (Å²) in [6.45, 7) is 1.37. The Morgan fingerprint density at radius 3 is 2.50 bits per heavy atom. The minimum absolute atomic E-state index is 0.278. The predicted octanol–water partition coefficient (Wildman–Crippen LogP) is 2.90. The summed E-state index contributed by atoms with van der Waals surface area (Å²) in [4.78, 5) is 36.1. The summed E-state index contributed by atoms with van der Waals surface area (Å²) in [5.74, 6) is -0.789. The SMILES string of the molecule is CCOc1ccccc1C(=O)NCC(=O)OCC(=O)c1ccc(OC)c(Cl)c1. The zero-order valence-corrected chi connectivity index (χ0v) is 16.2. The number of para-hydroxylation sites is 1. The molecule has 0 saturated heterocycles. The van der Waals surface area contributed by atoms with Crippen molar-refractivity contribution in [2.24, 2.45) is 0 Å². The third-order valence-electron chi connectivity index (χ3n) is 3.66. The fraction of sp³-hybridized carbons (Fsp3) is 0.250. The second-order valence-corrected chi connectivity index (χ2v) is 5.95. The number of benzene rings is 2. The van der Waals surface area contributed by atoms with Crippen LogP contribution in [0.5, 0.6) is 11.5 Å². The van der Waals surface area contributed by atoms with E-state index in [4.69, 9.17) is 25.8 Å². The zero-order valence-electron chi connectivity index (χ0n) is 15.5. The number of halogens is 1. The van der Waals surface area contributed by atoms with Crippen molar-refractivity contribution in [3.63, 3.8) is 0 Å². The number of hydrogen-bond donors (Lipinski definition) is 1. The van der Waals surface area contributed by atoms with Crippen LogP contribution in [0.4, 0.5) is 0 Å². The van der Waals surface area contributed by atoms with Crippen LogP contribution in [0.15, 0.2) is 42.5 Å². The van der Waals surface area contributed by atoms with E-state index in [1.54, 1.807) is 37.3 Å². The van der Waals surface area contributed by atoms with Crippen LogP contribution >= 0.6 is 11.6 Å². The minimum atomic E-state index is -0.741. The van der Waals surface area contributed by atoms with Gasteiger partial charge in [0.2, 0.25) is 0 Å². The lowest BCUT2D eigenvalue weighted by molar-refractivity contribution is -0.141. The van der Waals surface area contributed by atoms with Gasteiger partial charge in [-0.15, -0.1) is 0 Å². The maximum atomic E-state index is 12.2. The van der Waals surface area contributed by atoms with Gasteiger partial charge in [0.05, 0.1) is 24.3 Å². The number of nitrogens with one attached hydrogen (secondary N) is 1. The summed E-state index contributed by atoms with van der Waals surface area (Å²) in [5, 5.41) is 2.72. The number of Topliss-reactive ketones (excluding diaryl/α,β-unsaturated/α-hetero) is 1. The molecular formula is C20H20ClNO6. The molecule has 0 bridgehead atoms. The van der Waals surface area contributed by atoms with Gasteiger partial charge in [0.1, 0.15) is 18.0 Å². The Labute approximate surface area is 167 Å². The Morgan fingerprint density at radius 1 is 1.07 bits per heavy atom. The highest BCUT2D eigenvalue weighted by molar-refractivity contribution is 6.32. The molecule has 0 saturated carbocycles. The summed E-state index contributed by atoms with van der Waals surface area (Å²) in [6.07, 6.45) is 0. The van der Waals surface area contributed by atoms with E-state index in [1.165, 1.54) is 19.2 Å². The van der Waals surface area contributed by atoms with Gasteiger partial charge in [-0.05, 0) is 37.3 Å². The van der Waals surface area contributed by atoms with Crippen LogP contribution < -0.4 is 14.8 Å². The van der Waals surface area contributed by atoms with Gasteiger partial charge in [0.25, 0.3) is 5.91 Å². The monoisotopic (exact) mass is 405 g/mol. The van der Waals surface area contributed by atoms with Gasteiger partial charge in [0.15, 0.2) is 12.4 Å². The Balaban J connectivity index is 1.85. The van der Waals surface area contributed by atoms with Gasteiger partial charge in [-0.3, -0.25) is 14.4 Å². The molecule has 1 N–H and O–H groups in total. The first-order valence-corrected chi connectivity index (χ1v) is 8.86. The molecule has 8 heteroatoms. The van der Waals surface area contributed by atoms with Crippen molar-refractivity contribution in [2.45, 2.75) is 6.92 Å². The lowest BCUT2D eigenvalue weighted by Crippen LogP contribution is -2.31. The van der Waals surface area contributed by atoms with Crippen molar-refractivity contribution in [3.8, 4) is 11.5 Å². The third kappa shape index (κ3) is 5.72. The summed E-state index contributed by atoms with van der Waals surface area (Å²) in [6, 6.07) is 11.2. The van der Waals surface area contributed by atoms with E-state index < -0.39 is 24.3 Å². The van der Waals surface area contributed by atoms with E-state index in [0.29, 0.717) is 23.7 Å². The average Bonchev–Trinajstić information content (AvgIpc) is 2.70. The number of methoxy groups -OCH3 is 1. The van der Waals surface area contributed by atoms with E-state index in [1.807, 2.05) is 0 Å². The van der Waals surface area contributed by atoms with Gasteiger partial charge in [-0.25, -0.2) is 0 Å². The Hall–Kier alpha value is -3.06. The van der Waals surface area contributed by atoms with Crippen molar-refractivity contribution in [1.29, 1.82) is 0 Å². The summed E-state index contributed by atoms with van der Waals surface area (Å²) in [5.41, 5.74) is 0.592. The average molecular weight is 406 g/mol. The van der Waals surface area contributed by atoms with Crippen LogP contribution in [0.2, 0.25) is 5.02 Å². The lowest BCUT2D eigenvalue weighted by atomic mass is 10.1. The Bertz CT molecular complexity index is 868. The molecule has 0 radical (unpaired) electrons. The summed E-state index contributed by atoms with van der Waals surface area (Å²) in [7, 11) is 1.46. The zero-order chi connectivity index (χ0) is 20.5. The summed E-state index contributed by atoms with van der Waals surface area (Å²) >= 11 is 5.97. The van der Waals surface area contributed by atoms with Gasteiger partial charge >= 0.3 is 5.97 Å². The molecule has 0 aliphatic rings. The van der Waals surface area contributed by atoms with Crippen molar-refractivity contribution in [3.05, 3.63) is 58.6 Å². The molecule has 0 unspecified atom stereocenters. The molecule has 2 rings (SSSR count). The molecule has 28 heavy (non-hydrogen) atoms. The molecule has 7 nitrogen and oxygen atoms in total. The number of esters is 1. The van der Waals surface area contributed by atoms with E-state index in [0.717, 1.165) is 0 Å². The standard InChI is InChI=1S/C20H20ClNO6/c1-3-27-17-7-5-4-6-14(17)20(25)22-11-19(24)28-12-16(23)13-8-9-18(26-2)15(21)10-13/h4-10H,3,11-12H2,1-2H3,(H,22,25). The number of ketones is 1. The smallest absolute Gasteiger partial charge is 0.325 e. The maximum absolute atomic E-state index is 12.2. The largest absolute Gasteiger partial charge is 0.495 e. The van der Waals surface area contributed by atoms with Crippen molar-refractivity contribution >= 4 is 29.3 Å². The number of carbonyl (C=O) groups excluding carboxylic acids is 3. The molecule has 0 spiro atoms. The molecule has 0 fully saturated rings. The molecule has 148 valence electrons. The van der Waals surface area contributed by atoms with E-state index in [2.05, 4.69) is 5.32 Å². The fourth-order valence-corrected chi connectivity index (χ4v) is 2.56. The maximum Gasteiger partial charge on any atom is 0.325 e. The highest BCUT2D eigenvalue weighted by atomic mass is 35.5. The lowest BCUT2D eigenvalue weighted by Gasteiger charge is -2.10. The molecule has 2 aromatic rings. The normalized spacial score (nSPS) is 10.1. The predicted molar refractivity (Wildman–Crippen MR) is 103 cm³/mol. The molecule has 0 aromatic heterocycles. The van der Waals surface area contributed by atoms with Crippen LogP contribution in [-0.4, -0.2) is 44.5 Å². The van der Waals surface area contributed by atoms with Crippen LogP contribution in [0.3, 0.4) is 0 Å². The number of ether oxygens (including phenoxy) is 3. The third-order valence-corrected chi connectivity index (χ3v) is 3.96. The highest BCUT2D eigenvalue weighted by Gasteiger charge is 2.15. The van der Waals surface area contributed by atoms with Crippen LogP contribution in [0.25, 0.3) is 0 Å². The first kappa shape index (κ1) is 21.2. The first-order valence-electron chi connectivity index (χ1n) is 8.48. The van der Waals surface area contributed by atoms with E-state index in [9.17, 15) is 14.4 Å². The first-order chi connectivity index (χ1) is 13.5. The van der Waals surface area contributed by atoms with Crippen molar-refractivity contribution < 1.29 is 28.6 Å². The molecule has 0 aliphatic heterocycles. The van der Waals surface area contributed by atoms with Crippen LogP contribution in [0, 0.1) is 0 Å². The van der Waals surface area contributed by atoms with E-state index >= 15 is 0 Å². The summed E-state index contributed by atoms with van der Waals surface area (Å²) < 4.78 is 15.3. The molecule has 1 amide bonds. The second kappa shape index (κ2) is 10.3. The van der Waals surface area contributed by atoms with Gasteiger partial charge in [-0.2, -0.15) is 0 Å². The highest BCUT2D eigenvalue weighted by Crippen LogP contribution is 2.25. The molecule has 2 aromatic carbocycles. The topological polar surface area (TPSA) is 90.9 Å². The van der Waals surface area contributed by atoms with Gasteiger partial charge < -0.3 is 19.5 Å². The van der Waals surface area contributed by atoms with E-state index in [-0.39, 0.29) is 17.1 Å². The fourth-order valence-electron chi connectivity index (χ4n) is 2.30. The minimum Gasteiger partial charge on any atom is -0.495 e. The quantitative estimate of drug-likeness (QED) is 0.509. The molecule has 0 heterocycles.